The highest BCUT2D eigenvalue weighted by molar-refractivity contribution is 6.21. The van der Waals surface area contributed by atoms with E-state index in [0.717, 1.165) is 19.3 Å². The van der Waals surface area contributed by atoms with E-state index in [-0.39, 0.29) is 53.0 Å². The first-order valence-corrected chi connectivity index (χ1v) is 8.72. The topological polar surface area (TPSA) is 52.6 Å². The number of halogens is 1. The summed E-state index contributed by atoms with van der Waals surface area (Å²) in [5, 5.41) is 0.0400. The molecule has 1 aliphatic heterocycles. The quantitative estimate of drug-likeness (QED) is 0.548. The molecule has 0 aromatic carbocycles. The highest BCUT2D eigenvalue weighted by Crippen LogP contribution is 2.56. The lowest BCUT2D eigenvalue weighted by Gasteiger charge is -2.38. The molecular formula is C17H25ClO4. The Balaban J connectivity index is 1.98. The van der Waals surface area contributed by atoms with Crippen molar-refractivity contribution < 1.29 is 19.1 Å². The smallest absolute Gasteiger partial charge is 0.309 e. The number of carbonyl (C=O) groups is 2. The summed E-state index contributed by atoms with van der Waals surface area (Å²) in [6, 6.07) is 0. The van der Waals surface area contributed by atoms with Crippen LogP contribution in [0.25, 0.3) is 0 Å². The van der Waals surface area contributed by atoms with Crippen LogP contribution < -0.4 is 0 Å². The summed E-state index contributed by atoms with van der Waals surface area (Å²) in [5.41, 5.74) is -0.509. The molecule has 0 radical (unpaired) electrons. The van der Waals surface area contributed by atoms with Crippen molar-refractivity contribution in [2.24, 2.45) is 29.6 Å². The molecule has 2 saturated carbocycles. The lowest BCUT2D eigenvalue weighted by atomic mass is 9.75. The molecule has 22 heavy (non-hydrogen) atoms. The van der Waals surface area contributed by atoms with Crippen molar-refractivity contribution in [1.82, 2.24) is 0 Å². The van der Waals surface area contributed by atoms with Crippen LogP contribution >= 0.6 is 11.6 Å². The van der Waals surface area contributed by atoms with Crippen molar-refractivity contribution >= 4 is 23.5 Å². The molecule has 2 unspecified atom stereocenters. The first kappa shape index (κ1) is 16.1. The van der Waals surface area contributed by atoms with Gasteiger partial charge in [0, 0.05) is 30.1 Å². The monoisotopic (exact) mass is 328 g/mol. The fraction of sp³-hybridized carbons (Fsp3) is 0.882. The molecule has 124 valence electrons. The molecule has 8 atom stereocenters. The molecule has 3 aliphatic rings. The molecule has 0 aromatic rings. The SMILES string of the molecule is CC(=O)O[C@]1(C)CC[C@@H]2[C@H](OC(=O)[C@H]2C)[C@H]2C(C)C(Cl)C[C@H]21. The number of rotatable bonds is 1. The van der Waals surface area contributed by atoms with Crippen molar-refractivity contribution in [2.75, 3.05) is 0 Å². The maximum absolute atomic E-state index is 12.0. The van der Waals surface area contributed by atoms with E-state index in [2.05, 4.69) is 6.92 Å². The van der Waals surface area contributed by atoms with Crippen molar-refractivity contribution in [2.45, 2.75) is 64.0 Å². The van der Waals surface area contributed by atoms with Crippen molar-refractivity contribution in [3.63, 3.8) is 0 Å². The van der Waals surface area contributed by atoms with Gasteiger partial charge in [-0.15, -0.1) is 11.6 Å². The molecule has 5 heteroatoms. The highest BCUT2D eigenvalue weighted by atomic mass is 35.5. The largest absolute Gasteiger partial charge is 0.462 e. The molecule has 2 aliphatic carbocycles. The molecule has 0 amide bonds. The van der Waals surface area contributed by atoms with Gasteiger partial charge < -0.3 is 9.47 Å². The third kappa shape index (κ3) is 2.34. The Morgan fingerprint density at radius 1 is 1.41 bits per heavy atom. The minimum atomic E-state index is -0.509. The van der Waals surface area contributed by atoms with Gasteiger partial charge in [0.2, 0.25) is 0 Å². The summed E-state index contributed by atoms with van der Waals surface area (Å²) in [7, 11) is 0. The first-order chi connectivity index (χ1) is 10.2. The van der Waals surface area contributed by atoms with Crippen LogP contribution in [0.2, 0.25) is 0 Å². The third-order valence-electron chi connectivity index (χ3n) is 6.32. The normalized spacial score (nSPS) is 50.8. The number of esters is 2. The summed E-state index contributed by atoms with van der Waals surface area (Å²) in [5.74, 6) is 0.383. The maximum atomic E-state index is 12.0. The average molecular weight is 329 g/mol. The number of carbonyl (C=O) groups excluding carboxylic acids is 2. The van der Waals surface area contributed by atoms with Gasteiger partial charge in [0.15, 0.2) is 0 Å². The second-order valence-electron chi connectivity index (χ2n) is 7.59. The minimum Gasteiger partial charge on any atom is -0.462 e. The van der Waals surface area contributed by atoms with Crippen LogP contribution in [-0.4, -0.2) is 29.0 Å². The Hall–Kier alpha value is -0.770. The van der Waals surface area contributed by atoms with Gasteiger partial charge >= 0.3 is 11.9 Å². The third-order valence-corrected chi connectivity index (χ3v) is 6.90. The van der Waals surface area contributed by atoms with E-state index in [9.17, 15) is 9.59 Å². The van der Waals surface area contributed by atoms with Crippen molar-refractivity contribution in [3.8, 4) is 0 Å². The summed E-state index contributed by atoms with van der Waals surface area (Å²) < 4.78 is 11.5. The van der Waals surface area contributed by atoms with Gasteiger partial charge in [-0.3, -0.25) is 9.59 Å². The van der Waals surface area contributed by atoms with Crippen LogP contribution in [0.15, 0.2) is 0 Å². The second-order valence-corrected chi connectivity index (χ2v) is 8.15. The molecule has 3 rings (SSSR count). The van der Waals surface area contributed by atoms with Gasteiger partial charge in [0.1, 0.15) is 11.7 Å². The van der Waals surface area contributed by atoms with Crippen molar-refractivity contribution in [1.29, 1.82) is 0 Å². The van der Waals surface area contributed by atoms with Crippen LogP contribution in [0.4, 0.5) is 0 Å². The zero-order valence-corrected chi connectivity index (χ0v) is 14.4. The Morgan fingerprint density at radius 2 is 2.09 bits per heavy atom. The predicted molar refractivity (Wildman–Crippen MR) is 82.3 cm³/mol. The van der Waals surface area contributed by atoms with Crippen LogP contribution in [0, 0.1) is 29.6 Å². The zero-order valence-electron chi connectivity index (χ0n) is 13.7. The molecule has 0 aromatic heterocycles. The molecule has 0 N–H and O–H groups in total. The fourth-order valence-electron chi connectivity index (χ4n) is 5.07. The zero-order chi connectivity index (χ0) is 16.2. The molecular weight excluding hydrogens is 304 g/mol. The minimum absolute atomic E-state index is 0.0400. The van der Waals surface area contributed by atoms with E-state index in [0.29, 0.717) is 0 Å². The summed E-state index contributed by atoms with van der Waals surface area (Å²) in [6.07, 6.45) is 2.36. The van der Waals surface area contributed by atoms with Gasteiger partial charge in [0.05, 0.1) is 5.92 Å². The summed E-state index contributed by atoms with van der Waals surface area (Å²) in [4.78, 5) is 23.6. The number of ether oxygens (including phenoxy) is 2. The van der Waals surface area contributed by atoms with Gasteiger partial charge in [-0.1, -0.05) is 13.8 Å². The molecule has 3 fully saturated rings. The number of fused-ring (bicyclic) bond motifs is 3. The van der Waals surface area contributed by atoms with Gasteiger partial charge in [-0.2, -0.15) is 0 Å². The van der Waals surface area contributed by atoms with E-state index in [4.69, 9.17) is 21.1 Å². The Morgan fingerprint density at radius 3 is 2.73 bits per heavy atom. The van der Waals surface area contributed by atoms with E-state index in [1.807, 2.05) is 13.8 Å². The summed E-state index contributed by atoms with van der Waals surface area (Å²) in [6.45, 7) is 7.58. The summed E-state index contributed by atoms with van der Waals surface area (Å²) >= 11 is 6.54. The second kappa shape index (κ2) is 5.40. The Bertz CT molecular complexity index is 493. The van der Waals surface area contributed by atoms with E-state index >= 15 is 0 Å². The van der Waals surface area contributed by atoms with Gasteiger partial charge in [0.25, 0.3) is 0 Å². The standard InChI is InChI=1S/C17H25ClO4/c1-8-11-5-6-17(4,22-10(3)19)12-7-13(18)9(2)14(12)15(11)21-16(8)20/h8-9,11-15H,5-7H2,1-4H3/t8-,9?,11-,12+,13?,14-,15-,17+/m0/s1. The first-order valence-electron chi connectivity index (χ1n) is 8.28. The number of alkyl halides is 1. The van der Waals surface area contributed by atoms with E-state index < -0.39 is 5.60 Å². The van der Waals surface area contributed by atoms with Gasteiger partial charge in [-0.05, 0) is 32.1 Å². The van der Waals surface area contributed by atoms with Crippen LogP contribution in [0.1, 0.15) is 47.0 Å². The predicted octanol–water partition coefficient (Wildman–Crippen LogP) is 3.16. The van der Waals surface area contributed by atoms with Crippen LogP contribution in [0.3, 0.4) is 0 Å². The van der Waals surface area contributed by atoms with Crippen LogP contribution in [-0.2, 0) is 19.1 Å². The fourth-order valence-corrected chi connectivity index (χ4v) is 5.43. The molecule has 4 nitrogen and oxygen atoms in total. The van der Waals surface area contributed by atoms with Crippen molar-refractivity contribution in [3.05, 3.63) is 0 Å². The maximum Gasteiger partial charge on any atom is 0.309 e. The Kier molecular flexibility index (Phi) is 3.95. The van der Waals surface area contributed by atoms with E-state index in [1.54, 1.807) is 0 Å². The lowest BCUT2D eigenvalue weighted by Crippen LogP contribution is -2.43. The lowest BCUT2D eigenvalue weighted by molar-refractivity contribution is -0.167. The van der Waals surface area contributed by atoms with Gasteiger partial charge in [-0.25, -0.2) is 0 Å². The number of hydrogen-bond acceptors (Lipinski definition) is 4. The molecule has 0 bridgehead atoms. The molecule has 1 heterocycles. The molecule has 0 spiro atoms. The van der Waals surface area contributed by atoms with Crippen LogP contribution in [0.5, 0.6) is 0 Å². The van der Waals surface area contributed by atoms with E-state index in [1.165, 1.54) is 6.92 Å². The highest BCUT2D eigenvalue weighted by Gasteiger charge is 2.60. The number of hydrogen-bond donors (Lipinski definition) is 0. The molecule has 1 saturated heterocycles. The average Bonchev–Trinajstić information content (AvgIpc) is 2.82. The Labute approximate surface area is 136 Å².